The molecule has 8 rings (SSSR count). The highest BCUT2D eigenvalue weighted by molar-refractivity contribution is 6.98. The van der Waals surface area contributed by atoms with Gasteiger partial charge in [-0.15, -0.1) is 0 Å². The highest BCUT2D eigenvalue weighted by atomic mass is 16.5. The van der Waals surface area contributed by atoms with Crippen molar-refractivity contribution >= 4 is 40.2 Å². The third-order valence-electron chi connectivity index (χ3n) is 8.89. The molecule has 3 aliphatic rings. The van der Waals surface area contributed by atoms with Crippen molar-refractivity contribution in [1.82, 2.24) is 0 Å². The quantitative estimate of drug-likeness (QED) is 0.187. The first-order valence-corrected chi connectivity index (χ1v) is 15.0. The zero-order valence-electron chi connectivity index (χ0n) is 25.5. The van der Waals surface area contributed by atoms with Gasteiger partial charge >= 0.3 is 0 Å². The van der Waals surface area contributed by atoms with Gasteiger partial charge in [-0.05, 0) is 69.3 Å². The van der Waals surface area contributed by atoms with Gasteiger partial charge < -0.3 is 19.1 Å². The smallest absolute Gasteiger partial charge is 0.260 e. The Hall–Kier alpha value is -4.64. The van der Waals surface area contributed by atoms with Gasteiger partial charge in [0, 0.05) is 17.6 Å². The van der Waals surface area contributed by atoms with E-state index < -0.39 is 0 Å². The SMILES string of the molecule is CC(C)(C)c1ccc2c(c1)Oc1cc(N3c4ccccc4Oc4ccccc43)cc3c1B2c1ccc(C(C)(C)C)cc1O3. The van der Waals surface area contributed by atoms with E-state index in [2.05, 4.69) is 107 Å². The van der Waals surface area contributed by atoms with Crippen molar-refractivity contribution in [2.75, 3.05) is 4.90 Å². The van der Waals surface area contributed by atoms with Crippen molar-refractivity contribution in [2.24, 2.45) is 0 Å². The molecule has 4 nitrogen and oxygen atoms in total. The fraction of sp³-hybridized carbons (Fsp3) is 0.211. The largest absolute Gasteiger partial charge is 0.458 e. The zero-order chi connectivity index (χ0) is 29.7. The van der Waals surface area contributed by atoms with Crippen molar-refractivity contribution in [2.45, 2.75) is 52.4 Å². The Morgan fingerprint density at radius 1 is 0.488 bits per heavy atom. The zero-order valence-corrected chi connectivity index (χ0v) is 25.5. The monoisotopic (exact) mass is 563 g/mol. The summed E-state index contributed by atoms with van der Waals surface area (Å²) in [7, 11) is 0. The molecule has 3 heterocycles. The van der Waals surface area contributed by atoms with Gasteiger partial charge in [-0.25, -0.2) is 0 Å². The van der Waals surface area contributed by atoms with Crippen LogP contribution in [0.15, 0.2) is 97.1 Å². The second-order valence-electron chi connectivity index (χ2n) is 13.9. The third-order valence-corrected chi connectivity index (χ3v) is 8.89. The van der Waals surface area contributed by atoms with E-state index in [-0.39, 0.29) is 17.5 Å². The first-order chi connectivity index (χ1) is 20.6. The van der Waals surface area contributed by atoms with E-state index in [0.717, 1.165) is 57.0 Å². The Morgan fingerprint density at radius 2 is 0.930 bits per heavy atom. The van der Waals surface area contributed by atoms with E-state index in [1.54, 1.807) is 0 Å². The molecule has 43 heavy (non-hydrogen) atoms. The van der Waals surface area contributed by atoms with Crippen LogP contribution in [-0.4, -0.2) is 6.71 Å². The first-order valence-electron chi connectivity index (χ1n) is 15.0. The molecule has 0 fully saturated rings. The average Bonchev–Trinajstić information content (AvgIpc) is 2.98. The Labute approximate surface area is 253 Å². The fourth-order valence-electron chi connectivity index (χ4n) is 6.52. The van der Waals surface area contributed by atoms with Crippen molar-refractivity contribution in [3.8, 4) is 34.5 Å². The minimum absolute atomic E-state index is 0.00207. The van der Waals surface area contributed by atoms with E-state index in [0.29, 0.717) is 0 Å². The van der Waals surface area contributed by atoms with Crippen molar-refractivity contribution in [3.63, 3.8) is 0 Å². The maximum Gasteiger partial charge on any atom is 0.260 e. The minimum atomic E-state index is 0.00207. The van der Waals surface area contributed by atoms with Crippen molar-refractivity contribution in [3.05, 3.63) is 108 Å². The standard InChI is InChI=1S/C38H34BNO3/c1-37(2,3)23-15-17-26-32(19-23)42-34-21-25(40-28-11-7-9-13-30(28)41-31-14-10-8-12-29(31)40)22-35-36(34)39(26)27-18-16-24(38(4,5)6)20-33(27)43-35/h7-22H,1-6H3. The molecule has 0 aromatic heterocycles. The topological polar surface area (TPSA) is 30.9 Å². The number of benzene rings is 5. The molecule has 0 saturated carbocycles. The molecule has 5 aromatic carbocycles. The molecule has 3 aliphatic heterocycles. The van der Waals surface area contributed by atoms with Crippen LogP contribution in [0.2, 0.25) is 0 Å². The summed E-state index contributed by atoms with van der Waals surface area (Å²) < 4.78 is 20.0. The summed E-state index contributed by atoms with van der Waals surface area (Å²) in [6.45, 7) is 13.5. The van der Waals surface area contributed by atoms with E-state index >= 15 is 0 Å². The molecule has 0 radical (unpaired) electrons. The highest BCUT2D eigenvalue weighted by Crippen LogP contribution is 2.52. The molecule has 5 aromatic rings. The summed E-state index contributed by atoms with van der Waals surface area (Å²) in [5.74, 6) is 5.08. The number of nitrogens with zero attached hydrogens (tertiary/aromatic N) is 1. The van der Waals surface area contributed by atoms with Crippen LogP contribution in [0.4, 0.5) is 17.1 Å². The Bertz CT molecular complexity index is 1810. The molecule has 0 aliphatic carbocycles. The number of ether oxygens (including phenoxy) is 3. The lowest BCUT2D eigenvalue weighted by atomic mass is 9.34. The molecule has 0 saturated heterocycles. The minimum Gasteiger partial charge on any atom is -0.458 e. The predicted octanol–water partition coefficient (Wildman–Crippen LogP) is 8.58. The van der Waals surface area contributed by atoms with Crippen LogP contribution in [0, 0.1) is 0 Å². The van der Waals surface area contributed by atoms with E-state index in [1.165, 1.54) is 22.1 Å². The van der Waals surface area contributed by atoms with Crippen molar-refractivity contribution in [1.29, 1.82) is 0 Å². The van der Waals surface area contributed by atoms with Crippen LogP contribution in [0.5, 0.6) is 34.5 Å². The van der Waals surface area contributed by atoms with Crippen LogP contribution in [0.1, 0.15) is 52.7 Å². The maximum absolute atomic E-state index is 6.82. The molecule has 0 bridgehead atoms. The molecular formula is C38H34BNO3. The summed E-state index contributed by atoms with van der Waals surface area (Å²) in [4.78, 5) is 2.24. The number of hydrogen-bond donors (Lipinski definition) is 0. The highest BCUT2D eigenvalue weighted by Gasteiger charge is 2.42. The lowest BCUT2D eigenvalue weighted by Gasteiger charge is -2.37. The van der Waals surface area contributed by atoms with E-state index in [9.17, 15) is 0 Å². The second-order valence-corrected chi connectivity index (χ2v) is 13.9. The molecule has 0 spiro atoms. The van der Waals surface area contributed by atoms with Gasteiger partial charge in [0.15, 0.2) is 11.5 Å². The maximum atomic E-state index is 6.82. The second kappa shape index (κ2) is 8.93. The van der Waals surface area contributed by atoms with Gasteiger partial charge in [0.25, 0.3) is 6.71 Å². The summed E-state index contributed by atoms with van der Waals surface area (Å²) in [6, 6.07) is 34.1. The summed E-state index contributed by atoms with van der Waals surface area (Å²) in [5, 5.41) is 0. The van der Waals surface area contributed by atoms with Gasteiger partial charge in [0.1, 0.15) is 23.0 Å². The third kappa shape index (κ3) is 4.05. The Morgan fingerprint density at radius 3 is 1.40 bits per heavy atom. The van der Waals surface area contributed by atoms with Gasteiger partial charge in [-0.2, -0.15) is 0 Å². The predicted molar refractivity (Wildman–Crippen MR) is 176 cm³/mol. The average molecular weight is 564 g/mol. The molecule has 212 valence electrons. The van der Waals surface area contributed by atoms with Gasteiger partial charge in [-0.3, -0.25) is 0 Å². The molecular weight excluding hydrogens is 529 g/mol. The summed E-state index contributed by atoms with van der Waals surface area (Å²) in [5.41, 5.74) is 8.82. The normalized spacial score (nSPS) is 14.3. The number of anilines is 3. The number of hydrogen-bond acceptors (Lipinski definition) is 4. The molecule has 5 heteroatoms. The summed E-state index contributed by atoms with van der Waals surface area (Å²) in [6.07, 6.45) is 0. The van der Waals surface area contributed by atoms with Crippen LogP contribution in [-0.2, 0) is 10.8 Å². The van der Waals surface area contributed by atoms with Crippen LogP contribution in [0.25, 0.3) is 0 Å². The molecule has 0 amide bonds. The molecule has 0 N–H and O–H groups in total. The first kappa shape index (κ1) is 26.0. The number of fused-ring (bicyclic) bond motifs is 6. The summed E-state index contributed by atoms with van der Waals surface area (Å²) >= 11 is 0. The van der Waals surface area contributed by atoms with Gasteiger partial charge in [0.05, 0.1) is 17.1 Å². The number of para-hydroxylation sites is 4. The van der Waals surface area contributed by atoms with Crippen LogP contribution >= 0.6 is 0 Å². The Kier molecular flexibility index (Phi) is 5.41. The number of rotatable bonds is 1. The molecule has 0 atom stereocenters. The lowest BCUT2D eigenvalue weighted by molar-refractivity contribution is 0.460. The van der Waals surface area contributed by atoms with E-state index in [4.69, 9.17) is 14.2 Å². The Balaban J connectivity index is 1.37. The fourth-order valence-corrected chi connectivity index (χ4v) is 6.52. The van der Waals surface area contributed by atoms with E-state index in [1.807, 2.05) is 36.4 Å². The van der Waals surface area contributed by atoms with Crippen LogP contribution in [0.3, 0.4) is 0 Å². The van der Waals surface area contributed by atoms with Crippen LogP contribution < -0.4 is 35.5 Å². The van der Waals surface area contributed by atoms with Gasteiger partial charge in [-0.1, -0.05) is 90.1 Å². The lowest BCUT2D eigenvalue weighted by Crippen LogP contribution is -2.57. The van der Waals surface area contributed by atoms with Gasteiger partial charge in [0.2, 0.25) is 0 Å². The van der Waals surface area contributed by atoms with Crippen molar-refractivity contribution < 1.29 is 14.2 Å². The molecule has 0 unspecified atom stereocenters.